The molecule has 1 unspecified atom stereocenters. The van der Waals surface area contributed by atoms with Crippen LogP contribution in [0.25, 0.3) is 0 Å². The molecule has 0 saturated carbocycles. The van der Waals surface area contributed by atoms with Gasteiger partial charge in [0.05, 0.1) is 32.3 Å². The maximum absolute atomic E-state index is 11.0. The van der Waals surface area contributed by atoms with Crippen LogP contribution in [0, 0.1) is 0 Å². The average Bonchev–Trinajstić information content (AvgIpc) is 2.36. The third-order valence-electron chi connectivity index (χ3n) is 2.33. The summed E-state index contributed by atoms with van der Waals surface area (Å²) in [6, 6.07) is 0. The number of unbranched alkanes of at least 4 members (excludes halogenated alkanes) is 1. The Bertz CT molecular complexity index is 196. The van der Waals surface area contributed by atoms with Crippen molar-refractivity contribution in [3.63, 3.8) is 0 Å². The molecule has 1 atom stereocenters. The first-order chi connectivity index (χ1) is 8.70. The van der Waals surface area contributed by atoms with Crippen LogP contribution in [0.5, 0.6) is 0 Å². The number of hydrogen-bond acceptors (Lipinski definition) is 5. The lowest BCUT2D eigenvalue weighted by Gasteiger charge is -2.09. The smallest absolute Gasteiger partial charge is 0.308 e. The van der Waals surface area contributed by atoms with Crippen molar-refractivity contribution in [3.8, 4) is 0 Å². The molecule has 0 aromatic rings. The van der Waals surface area contributed by atoms with Crippen molar-refractivity contribution in [2.75, 3.05) is 26.4 Å². The standard InChI is InChI=1S/C13H26O5/c1-4-12(3)18-17-10-7-6-9-15-11-8-13(14)16-5-2/h12H,4-11H2,1-3H3. The van der Waals surface area contributed by atoms with Gasteiger partial charge in [-0.15, -0.1) is 0 Å². The minimum Gasteiger partial charge on any atom is -0.466 e. The fourth-order valence-electron chi connectivity index (χ4n) is 1.09. The van der Waals surface area contributed by atoms with Gasteiger partial charge in [0.1, 0.15) is 0 Å². The quantitative estimate of drug-likeness (QED) is 0.234. The van der Waals surface area contributed by atoms with E-state index in [0.717, 1.165) is 19.3 Å². The number of carbonyl (C=O) groups excluding carboxylic acids is 1. The van der Waals surface area contributed by atoms with E-state index in [4.69, 9.17) is 19.2 Å². The van der Waals surface area contributed by atoms with Crippen LogP contribution in [-0.2, 0) is 24.0 Å². The molecule has 108 valence electrons. The predicted octanol–water partition coefficient (Wildman–Crippen LogP) is 2.48. The van der Waals surface area contributed by atoms with Crippen LogP contribution in [0.2, 0.25) is 0 Å². The second-order valence-corrected chi connectivity index (χ2v) is 4.01. The van der Waals surface area contributed by atoms with Gasteiger partial charge in [0.25, 0.3) is 0 Å². The lowest BCUT2D eigenvalue weighted by atomic mass is 10.3. The van der Waals surface area contributed by atoms with Gasteiger partial charge in [0.15, 0.2) is 0 Å². The van der Waals surface area contributed by atoms with Crippen molar-refractivity contribution in [2.24, 2.45) is 0 Å². The van der Waals surface area contributed by atoms with Crippen LogP contribution in [-0.4, -0.2) is 38.5 Å². The molecule has 0 aliphatic rings. The molecular formula is C13H26O5. The van der Waals surface area contributed by atoms with Crippen LogP contribution in [0.1, 0.15) is 46.5 Å². The number of ether oxygens (including phenoxy) is 2. The van der Waals surface area contributed by atoms with Gasteiger partial charge in [-0.1, -0.05) is 6.92 Å². The first kappa shape index (κ1) is 17.4. The average molecular weight is 262 g/mol. The monoisotopic (exact) mass is 262 g/mol. The Labute approximate surface area is 110 Å². The summed E-state index contributed by atoms with van der Waals surface area (Å²) in [5, 5.41) is 0. The highest BCUT2D eigenvalue weighted by atomic mass is 17.2. The second-order valence-electron chi connectivity index (χ2n) is 4.01. The normalized spacial score (nSPS) is 12.4. The summed E-state index contributed by atoms with van der Waals surface area (Å²) >= 11 is 0. The van der Waals surface area contributed by atoms with Crippen molar-refractivity contribution < 1.29 is 24.0 Å². The SMILES string of the molecule is CCOC(=O)CCOCCCCOOC(C)CC. The Morgan fingerprint density at radius 2 is 1.83 bits per heavy atom. The minimum atomic E-state index is -0.206. The summed E-state index contributed by atoms with van der Waals surface area (Å²) < 4.78 is 10.1. The van der Waals surface area contributed by atoms with Crippen LogP contribution < -0.4 is 0 Å². The van der Waals surface area contributed by atoms with E-state index in [0.29, 0.717) is 32.8 Å². The van der Waals surface area contributed by atoms with Gasteiger partial charge in [0, 0.05) is 6.61 Å². The number of hydrogen-bond donors (Lipinski definition) is 0. The van der Waals surface area contributed by atoms with Crippen molar-refractivity contribution in [3.05, 3.63) is 0 Å². The molecule has 5 nitrogen and oxygen atoms in total. The molecule has 0 radical (unpaired) electrons. The maximum Gasteiger partial charge on any atom is 0.308 e. The van der Waals surface area contributed by atoms with Crippen molar-refractivity contribution in [1.82, 2.24) is 0 Å². The fourth-order valence-corrected chi connectivity index (χ4v) is 1.09. The molecule has 0 N–H and O–H groups in total. The first-order valence-electron chi connectivity index (χ1n) is 6.72. The lowest BCUT2D eigenvalue weighted by Crippen LogP contribution is -2.10. The van der Waals surface area contributed by atoms with Gasteiger partial charge in [-0.2, -0.15) is 0 Å². The predicted molar refractivity (Wildman–Crippen MR) is 68.1 cm³/mol. The summed E-state index contributed by atoms with van der Waals surface area (Å²) in [6.07, 6.45) is 3.19. The molecule has 0 aliphatic carbocycles. The summed E-state index contributed by atoms with van der Waals surface area (Å²) in [6.45, 7) is 7.86. The molecule has 0 fully saturated rings. The van der Waals surface area contributed by atoms with E-state index in [-0.39, 0.29) is 12.1 Å². The first-order valence-corrected chi connectivity index (χ1v) is 6.72. The lowest BCUT2D eigenvalue weighted by molar-refractivity contribution is -0.321. The van der Waals surface area contributed by atoms with E-state index in [2.05, 4.69) is 0 Å². The Morgan fingerprint density at radius 3 is 2.50 bits per heavy atom. The molecule has 0 aliphatic heterocycles. The van der Waals surface area contributed by atoms with Gasteiger partial charge in [-0.25, -0.2) is 9.78 Å². The van der Waals surface area contributed by atoms with Crippen LogP contribution in [0.4, 0.5) is 0 Å². The molecule has 0 amide bonds. The van der Waals surface area contributed by atoms with Crippen LogP contribution in [0.3, 0.4) is 0 Å². The fraction of sp³-hybridized carbons (Fsp3) is 0.923. The van der Waals surface area contributed by atoms with Gasteiger partial charge in [-0.05, 0) is 33.1 Å². The highest BCUT2D eigenvalue weighted by molar-refractivity contribution is 5.69. The largest absolute Gasteiger partial charge is 0.466 e. The molecule has 0 spiro atoms. The van der Waals surface area contributed by atoms with Gasteiger partial charge in [-0.3, -0.25) is 4.79 Å². The molecule has 0 aromatic heterocycles. The Hall–Kier alpha value is -0.650. The molecule has 0 bridgehead atoms. The third kappa shape index (κ3) is 11.8. The number of carbonyl (C=O) groups is 1. The van der Waals surface area contributed by atoms with Crippen molar-refractivity contribution in [1.29, 1.82) is 0 Å². The molecule has 0 rings (SSSR count). The van der Waals surface area contributed by atoms with E-state index in [1.54, 1.807) is 6.92 Å². The maximum atomic E-state index is 11.0. The second kappa shape index (κ2) is 12.8. The molecule has 5 heteroatoms. The van der Waals surface area contributed by atoms with Crippen LogP contribution >= 0.6 is 0 Å². The molecule has 0 heterocycles. The van der Waals surface area contributed by atoms with Gasteiger partial charge < -0.3 is 9.47 Å². The number of rotatable bonds is 12. The third-order valence-corrected chi connectivity index (χ3v) is 2.33. The van der Waals surface area contributed by atoms with E-state index in [9.17, 15) is 4.79 Å². The van der Waals surface area contributed by atoms with E-state index >= 15 is 0 Å². The topological polar surface area (TPSA) is 54.0 Å². The van der Waals surface area contributed by atoms with Crippen molar-refractivity contribution in [2.45, 2.75) is 52.6 Å². The molecule has 0 aromatic carbocycles. The summed E-state index contributed by atoms with van der Waals surface area (Å²) in [4.78, 5) is 21.1. The van der Waals surface area contributed by atoms with Gasteiger partial charge in [0.2, 0.25) is 0 Å². The summed E-state index contributed by atoms with van der Waals surface area (Å²) in [5.41, 5.74) is 0. The van der Waals surface area contributed by atoms with E-state index in [1.807, 2.05) is 13.8 Å². The molecule has 0 saturated heterocycles. The zero-order valence-corrected chi connectivity index (χ0v) is 11.8. The van der Waals surface area contributed by atoms with Gasteiger partial charge >= 0.3 is 5.97 Å². The van der Waals surface area contributed by atoms with E-state index < -0.39 is 0 Å². The number of esters is 1. The Morgan fingerprint density at radius 1 is 1.11 bits per heavy atom. The van der Waals surface area contributed by atoms with E-state index in [1.165, 1.54) is 0 Å². The van der Waals surface area contributed by atoms with Crippen LogP contribution in [0.15, 0.2) is 0 Å². The zero-order valence-electron chi connectivity index (χ0n) is 11.8. The highest BCUT2D eigenvalue weighted by Crippen LogP contribution is 1.99. The summed E-state index contributed by atoms with van der Waals surface area (Å²) in [7, 11) is 0. The molecular weight excluding hydrogens is 236 g/mol. The minimum absolute atomic E-state index is 0.144. The Kier molecular flexibility index (Phi) is 12.3. The Balaban J connectivity index is 3.10. The highest BCUT2D eigenvalue weighted by Gasteiger charge is 2.01. The zero-order chi connectivity index (χ0) is 13.6. The summed E-state index contributed by atoms with van der Waals surface area (Å²) in [5.74, 6) is -0.206. The molecule has 18 heavy (non-hydrogen) atoms. The van der Waals surface area contributed by atoms with Crippen molar-refractivity contribution >= 4 is 5.97 Å².